The highest BCUT2D eigenvalue weighted by atomic mass is 16.3. The first-order valence-corrected chi connectivity index (χ1v) is 9.38. The molecule has 1 aliphatic rings. The Morgan fingerprint density at radius 2 is 1.96 bits per heavy atom. The predicted molar refractivity (Wildman–Crippen MR) is 104 cm³/mol. The average molecular weight is 364 g/mol. The molecule has 0 bridgehead atoms. The molecule has 5 nitrogen and oxygen atoms in total. The molecule has 0 saturated heterocycles. The van der Waals surface area contributed by atoms with Gasteiger partial charge in [0.05, 0.1) is 17.6 Å². The number of furan rings is 1. The van der Waals surface area contributed by atoms with E-state index in [1.54, 1.807) is 12.5 Å². The highest BCUT2D eigenvalue weighted by Crippen LogP contribution is 2.34. The van der Waals surface area contributed by atoms with Crippen molar-refractivity contribution >= 4 is 16.9 Å². The van der Waals surface area contributed by atoms with Gasteiger partial charge in [0.1, 0.15) is 5.58 Å². The first-order valence-electron chi connectivity index (χ1n) is 9.38. The van der Waals surface area contributed by atoms with Gasteiger partial charge < -0.3 is 14.8 Å². The van der Waals surface area contributed by atoms with Gasteiger partial charge in [-0.1, -0.05) is 12.1 Å². The van der Waals surface area contributed by atoms with Crippen LogP contribution in [0.15, 0.2) is 53.3 Å². The van der Waals surface area contributed by atoms with Crippen LogP contribution in [0.4, 0.5) is 0 Å². The minimum Gasteiger partial charge on any atom is -0.464 e. The van der Waals surface area contributed by atoms with Crippen molar-refractivity contribution < 1.29 is 14.3 Å². The number of hydrogen-bond acceptors (Lipinski definition) is 4. The zero-order chi connectivity index (χ0) is 19.0. The van der Waals surface area contributed by atoms with E-state index in [-0.39, 0.29) is 17.9 Å². The molecule has 2 aromatic heterocycles. The van der Waals surface area contributed by atoms with E-state index in [4.69, 9.17) is 4.42 Å². The van der Waals surface area contributed by atoms with E-state index in [1.165, 1.54) is 0 Å². The molecule has 0 radical (unpaired) electrons. The van der Waals surface area contributed by atoms with Gasteiger partial charge in [0, 0.05) is 28.8 Å². The molecule has 1 aliphatic carbocycles. The van der Waals surface area contributed by atoms with Crippen molar-refractivity contribution in [1.29, 1.82) is 0 Å². The lowest BCUT2D eigenvalue weighted by Gasteiger charge is -2.25. The second kappa shape index (κ2) is 6.82. The molecule has 140 valence electrons. The summed E-state index contributed by atoms with van der Waals surface area (Å²) in [4.78, 5) is 17.0. The lowest BCUT2D eigenvalue weighted by atomic mass is 9.89. The van der Waals surface area contributed by atoms with Gasteiger partial charge in [-0.3, -0.25) is 9.78 Å². The van der Waals surface area contributed by atoms with Crippen LogP contribution in [0.2, 0.25) is 0 Å². The normalized spacial score (nSPS) is 20.1. The molecule has 27 heavy (non-hydrogen) atoms. The third-order valence-corrected chi connectivity index (χ3v) is 5.57. The summed E-state index contributed by atoms with van der Waals surface area (Å²) in [5.74, 6) is 0.157. The zero-order valence-electron chi connectivity index (χ0n) is 15.6. The van der Waals surface area contributed by atoms with Gasteiger partial charge >= 0.3 is 0 Å². The summed E-state index contributed by atoms with van der Waals surface area (Å²) in [6.45, 7) is 3.68. The van der Waals surface area contributed by atoms with Crippen molar-refractivity contribution in [2.24, 2.45) is 5.92 Å². The van der Waals surface area contributed by atoms with Crippen LogP contribution in [0.3, 0.4) is 0 Å². The van der Waals surface area contributed by atoms with Crippen molar-refractivity contribution in [3.8, 4) is 11.3 Å². The van der Waals surface area contributed by atoms with E-state index < -0.39 is 5.60 Å². The number of amides is 1. The Morgan fingerprint density at radius 3 is 2.67 bits per heavy atom. The van der Waals surface area contributed by atoms with E-state index in [9.17, 15) is 9.90 Å². The molecule has 5 heteroatoms. The SMILES string of the molecule is CC(C)(O)[C@H]1CC[C@H](NC(=O)c2ccc(-c3nccc4occc34)cc2)C1. The quantitative estimate of drug-likeness (QED) is 0.729. The van der Waals surface area contributed by atoms with Crippen LogP contribution in [-0.2, 0) is 0 Å². The van der Waals surface area contributed by atoms with Gasteiger partial charge in [-0.25, -0.2) is 0 Å². The van der Waals surface area contributed by atoms with Crippen LogP contribution in [-0.4, -0.2) is 27.6 Å². The molecule has 2 atom stereocenters. The van der Waals surface area contributed by atoms with E-state index in [2.05, 4.69) is 10.3 Å². The standard InChI is InChI=1S/C22H24N2O3/c1-22(2,26)16-7-8-17(13-16)24-21(25)15-5-3-14(4-6-15)20-18-10-12-27-19(18)9-11-23-20/h3-6,9-12,16-17,26H,7-8,13H2,1-2H3,(H,24,25)/t16-,17-/m0/s1. The number of rotatable bonds is 4. The monoisotopic (exact) mass is 364 g/mol. The Balaban J connectivity index is 1.46. The highest BCUT2D eigenvalue weighted by molar-refractivity contribution is 5.96. The van der Waals surface area contributed by atoms with E-state index >= 15 is 0 Å². The second-order valence-corrected chi connectivity index (χ2v) is 7.90. The topological polar surface area (TPSA) is 75.4 Å². The molecule has 0 unspecified atom stereocenters. The molecule has 0 aliphatic heterocycles. The maximum atomic E-state index is 12.6. The molecule has 3 aromatic rings. The van der Waals surface area contributed by atoms with Crippen molar-refractivity contribution in [2.75, 3.05) is 0 Å². The average Bonchev–Trinajstić information content (AvgIpc) is 3.30. The Kier molecular flexibility index (Phi) is 4.48. The van der Waals surface area contributed by atoms with Crippen LogP contribution in [0.5, 0.6) is 0 Å². The molecule has 1 aromatic carbocycles. The summed E-state index contributed by atoms with van der Waals surface area (Å²) in [5, 5.41) is 14.2. The maximum absolute atomic E-state index is 12.6. The van der Waals surface area contributed by atoms with Crippen LogP contribution in [0.1, 0.15) is 43.5 Å². The summed E-state index contributed by atoms with van der Waals surface area (Å²) >= 11 is 0. The number of nitrogens with zero attached hydrogens (tertiary/aromatic N) is 1. The zero-order valence-corrected chi connectivity index (χ0v) is 15.6. The minimum absolute atomic E-state index is 0.0718. The fraction of sp³-hybridized carbons (Fsp3) is 0.364. The molecular weight excluding hydrogens is 340 g/mol. The number of hydrogen-bond donors (Lipinski definition) is 2. The number of carbonyl (C=O) groups excluding carboxylic acids is 1. The second-order valence-electron chi connectivity index (χ2n) is 7.90. The number of pyridine rings is 1. The third kappa shape index (κ3) is 3.60. The van der Waals surface area contributed by atoms with Crippen molar-refractivity contribution in [3.05, 3.63) is 54.4 Å². The largest absolute Gasteiger partial charge is 0.464 e. The molecule has 1 saturated carbocycles. The van der Waals surface area contributed by atoms with Crippen molar-refractivity contribution in [2.45, 2.75) is 44.8 Å². The van der Waals surface area contributed by atoms with Crippen molar-refractivity contribution in [3.63, 3.8) is 0 Å². The molecule has 2 N–H and O–H groups in total. The summed E-state index contributed by atoms with van der Waals surface area (Å²) in [6.07, 6.45) is 6.04. The Labute approximate surface area is 158 Å². The van der Waals surface area contributed by atoms with Gasteiger partial charge in [-0.05, 0) is 63.3 Å². The van der Waals surface area contributed by atoms with E-state index in [1.807, 2.05) is 50.2 Å². The summed E-state index contributed by atoms with van der Waals surface area (Å²) in [7, 11) is 0. The minimum atomic E-state index is -0.692. The van der Waals surface area contributed by atoms with Gasteiger partial charge in [0.25, 0.3) is 5.91 Å². The van der Waals surface area contributed by atoms with E-state index in [0.717, 1.165) is 41.5 Å². The molecule has 0 spiro atoms. The number of nitrogens with one attached hydrogen (secondary N) is 1. The summed E-state index contributed by atoms with van der Waals surface area (Å²) < 4.78 is 5.43. The molecule has 2 heterocycles. The van der Waals surface area contributed by atoms with Gasteiger partial charge in [0.15, 0.2) is 0 Å². The smallest absolute Gasteiger partial charge is 0.251 e. The van der Waals surface area contributed by atoms with Gasteiger partial charge in [-0.2, -0.15) is 0 Å². The van der Waals surface area contributed by atoms with Gasteiger partial charge in [0.2, 0.25) is 0 Å². The van der Waals surface area contributed by atoms with Crippen LogP contribution in [0, 0.1) is 5.92 Å². The number of carbonyl (C=O) groups is 1. The number of aliphatic hydroxyl groups is 1. The van der Waals surface area contributed by atoms with Crippen molar-refractivity contribution in [1.82, 2.24) is 10.3 Å². The fourth-order valence-electron chi connectivity index (χ4n) is 3.93. The Morgan fingerprint density at radius 1 is 1.19 bits per heavy atom. The predicted octanol–water partition coefficient (Wildman–Crippen LogP) is 4.16. The maximum Gasteiger partial charge on any atom is 0.251 e. The van der Waals surface area contributed by atoms with Crippen LogP contribution in [0.25, 0.3) is 22.2 Å². The molecule has 1 fully saturated rings. The Bertz CT molecular complexity index is 954. The first kappa shape index (κ1) is 17.7. The molecule has 4 rings (SSSR count). The van der Waals surface area contributed by atoms with Crippen LogP contribution < -0.4 is 5.32 Å². The van der Waals surface area contributed by atoms with E-state index in [0.29, 0.717) is 5.56 Å². The number of aromatic nitrogens is 1. The first-order chi connectivity index (χ1) is 12.9. The summed E-state index contributed by atoms with van der Waals surface area (Å²) in [5.41, 5.74) is 2.52. The van der Waals surface area contributed by atoms with Crippen LogP contribution >= 0.6 is 0 Å². The third-order valence-electron chi connectivity index (χ3n) is 5.57. The summed E-state index contributed by atoms with van der Waals surface area (Å²) in [6, 6.07) is 11.3. The number of benzene rings is 1. The number of fused-ring (bicyclic) bond motifs is 1. The lowest BCUT2D eigenvalue weighted by molar-refractivity contribution is 0.0190. The molecular formula is C22H24N2O3. The lowest BCUT2D eigenvalue weighted by Crippen LogP contribution is -2.35. The van der Waals surface area contributed by atoms with Gasteiger partial charge in [-0.15, -0.1) is 0 Å². The highest BCUT2D eigenvalue weighted by Gasteiger charge is 2.35. The Hall–Kier alpha value is -2.66. The fourth-order valence-corrected chi connectivity index (χ4v) is 3.93. The molecule has 1 amide bonds.